The zero-order valence-electron chi connectivity index (χ0n) is 18.1. The Morgan fingerprint density at radius 1 is 1.10 bits per heavy atom. The molecule has 8 heteroatoms. The summed E-state index contributed by atoms with van der Waals surface area (Å²) in [5.41, 5.74) is 1.48. The van der Waals surface area contributed by atoms with Crippen LogP contribution in [0.15, 0.2) is 58.3 Å². The predicted octanol–water partition coefficient (Wildman–Crippen LogP) is 3.97. The molecule has 2 heterocycles. The van der Waals surface area contributed by atoms with Gasteiger partial charge < -0.3 is 15.5 Å². The number of rotatable bonds is 4. The van der Waals surface area contributed by atoms with Gasteiger partial charge in [-0.15, -0.1) is 6.58 Å². The molecule has 3 N–H and O–H groups in total. The second-order valence-corrected chi connectivity index (χ2v) is 8.12. The van der Waals surface area contributed by atoms with Crippen LogP contribution in [0.5, 0.6) is 0 Å². The van der Waals surface area contributed by atoms with E-state index in [0.29, 0.717) is 5.71 Å². The molecule has 3 unspecified atom stereocenters. The summed E-state index contributed by atoms with van der Waals surface area (Å²) in [6.45, 7) is 7.93. The molecule has 0 radical (unpaired) electrons. The fourth-order valence-electron chi connectivity index (χ4n) is 3.92. The molecule has 1 aromatic carbocycles. The van der Waals surface area contributed by atoms with Crippen molar-refractivity contribution in [2.45, 2.75) is 63.6 Å². The number of para-hydroxylation sites is 1. The first-order chi connectivity index (χ1) is 14.6. The van der Waals surface area contributed by atoms with Gasteiger partial charge in [0, 0.05) is 37.7 Å². The van der Waals surface area contributed by atoms with Crippen molar-refractivity contribution in [1.29, 1.82) is 0 Å². The van der Waals surface area contributed by atoms with Crippen molar-refractivity contribution < 1.29 is 35.3 Å². The van der Waals surface area contributed by atoms with Gasteiger partial charge in [0.2, 0.25) is 11.7 Å². The van der Waals surface area contributed by atoms with E-state index in [1.165, 1.54) is 30.6 Å². The molecule has 1 saturated heterocycles. The number of hydrogen-bond donors (Lipinski definition) is 3. The Kier molecular flexibility index (Phi) is 10.7. The van der Waals surface area contributed by atoms with E-state index in [2.05, 4.69) is 33.3 Å². The number of aliphatic hydroxyl groups excluding tert-OH is 2. The molecule has 1 aromatic rings. The molecular weight excluding hydrogens is 485 g/mol. The summed E-state index contributed by atoms with van der Waals surface area (Å²) in [6, 6.07) is 8.71. The standard InChI is InChI=1S/C16H20N4O2.C7H13N.Pd/c1-11-15(18-17-13-9-5-6-10-14(13)21)16(22)20(19-11)12-7-3-2-4-8-12;1-2-7-3-5-8-6-4-7;/h2-4,7-8,13-15,21H,5-6,9-10H2,1H3;2,7-8H,1,3-6H2;/p+1. The van der Waals surface area contributed by atoms with Gasteiger partial charge in [-0.2, -0.15) is 10.2 Å². The van der Waals surface area contributed by atoms with Crippen LogP contribution in [-0.2, 0) is 20.4 Å². The number of aliphatic hydroxyl groups is 2. The van der Waals surface area contributed by atoms with Crippen LogP contribution < -0.4 is 5.32 Å². The monoisotopic (exact) mass is 518 g/mol. The van der Waals surface area contributed by atoms with Crippen molar-refractivity contribution in [1.82, 2.24) is 5.32 Å². The SMILES string of the molecule is C=CC1CCNCC1.CC1=N[N+](c2ccccc2)=C(O)C1N=NC1CCCCC1O.[Pd]. The van der Waals surface area contributed by atoms with E-state index in [4.69, 9.17) is 0 Å². The van der Waals surface area contributed by atoms with Gasteiger partial charge in [0.15, 0.2) is 0 Å². The molecule has 3 aliphatic rings. The van der Waals surface area contributed by atoms with Crippen molar-refractivity contribution >= 4 is 17.3 Å². The van der Waals surface area contributed by atoms with Crippen LogP contribution in [-0.4, -0.2) is 57.8 Å². The molecular formula is C23H34N5O2Pd+. The first-order valence-electron chi connectivity index (χ1n) is 11.0. The molecule has 3 atom stereocenters. The summed E-state index contributed by atoms with van der Waals surface area (Å²) in [6.07, 6.45) is 7.92. The van der Waals surface area contributed by atoms with Crippen LogP contribution in [0, 0.1) is 5.92 Å². The zero-order valence-corrected chi connectivity index (χ0v) is 19.7. The van der Waals surface area contributed by atoms with Crippen LogP contribution in [0.3, 0.4) is 0 Å². The van der Waals surface area contributed by atoms with Crippen molar-refractivity contribution in [3.63, 3.8) is 0 Å². The van der Waals surface area contributed by atoms with Gasteiger partial charge in [-0.3, -0.25) is 0 Å². The Labute approximate surface area is 198 Å². The second kappa shape index (κ2) is 13.0. The molecule has 2 aliphatic heterocycles. The summed E-state index contributed by atoms with van der Waals surface area (Å²) < 4.78 is 1.48. The first kappa shape index (κ1) is 25.5. The zero-order chi connectivity index (χ0) is 21.3. The number of nitrogens with zero attached hydrogens (tertiary/aromatic N) is 4. The van der Waals surface area contributed by atoms with E-state index < -0.39 is 12.1 Å². The van der Waals surface area contributed by atoms with Gasteiger partial charge in [0.1, 0.15) is 5.71 Å². The van der Waals surface area contributed by atoms with E-state index in [-0.39, 0.29) is 32.4 Å². The molecule has 1 saturated carbocycles. The van der Waals surface area contributed by atoms with E-state index >= 15 is 0 Å². The first-order valence-corrected chi connectivity index (χ1v) is 11.0. The number of benzene rings is 1. The van der Waals surface area contributed by atoms with Gasteiger partial charge in [-0.25, -0.2) is 0 Å². The van der Waals surface area contributed by atoms with Crippen LogP contribution in [0.25, 0.3) is 0 Å². The molecule has 2 fully saturated rings. The Morgan fingerprint density at radius 2 is 1.77 bits per heavy atom. The number of hydrazone groups is 1. The fourth-order valence-corrected chi connectivity index (χ4v) is 3.92. The third kappa shape index (κ3) is 7.15. The Balaban J connectivity index is 0.000000322. The number of piperidine rings is 1. The van der Waals surface area contributed by atoms with Crippen molar-refractivity contribution in [3.05, 3.63) is 43.0 Å². The van der Waals surface area contributed by atoms with Crippen LogP contribution in [0.2, 0.25) is 0 Å². The maximum Gasteiger partial charge on any atom is 0.404 e. The fraction of sp³-hybridized carbons (Fsp3) is 0.565. The molecule has 0 spiro atoms. The second-order valence-electron chi connectivity index (χ2n) is 8.12. The third-order valence-electron chi connectivity index (χ3n) is 5.86. The maximum atomic E-state index is 10.4. The summed E-state index contributed by atoms with van der Waals surface area (Å²) in [5.74, 6) is 0.842. The van der Waals surface area contributed by atoms with Crippen molar-refractivity contribution in [2.24, 2.45) is 21.2 Å². The molecule has 0 bridgehead atoms. The van der Waals surface area contributed by atoms with Gasteiger partial charge in [-0.05, 0) is 56.3 Å². The van der Waals surface area contributed by atoms with Crippen LogP contribution in [0.1, 0.15) is 45.4 Å². The Morgan fingerprint density at radius 3 is 2.39 bits per heavy atom. The van der Waals surface area contributed by atoms with Crippen molar-refractivity contribution in [3.8, 4) is 0 Å². The number of hydrogen-bond acceptors (Lipinski definition) is 5. The van der Waals surface area contributed by atoms with Gasteiger partial charge in [0.25, 0.3) is 0 Å². The predicted molar refractivity (Wildman–Crippen MR) is 120 cm³/mol. The van der Waals surface area contributed by atoms with Crippen LogP contribution >= 0.6 is 0 Å². The third-order valence-corrected chi connectivity index (χ3v) is 5.86. The average molecular weight is 519 g/mol. The summed E-state index contributed by atoms with van der Waals surface area (Å²) in [5, 5.41) is 36.5. The normalized spacial score (nSPS) is 26.6. The van der Waals surface area contributed by atoms with Crippen LogP contribution in [0.4, 0.5) is 5.69 Å². The maximum absolute atomic E-state index is 10.4. The minimum Gasteiger partial charge on any atom is -0.459 e. The molecule has 0 amide bonds. The topological polar surface area (TPSA) is 92.6 Å². The smallest absolute Gasteiger partial charge is 0.404 e. The van der Waals surface area contributed by atoms with E-state index in [0.717, 1.165) is 37.3 Å². The molecule has 31 heavy (non-hydrogen) atoms. The van der Waals surface area contributed by atoms with E-state index in [1.54, 1.807) is 0 Å². The summed E-state index contributed by atoms with van der Waals surface area (Å²) >= 11 is 0. The number of allylic oxidation sites excluding steroid dienone is 1. The summed E-state index contributed by atoms with van der Waals surface area (Å²) in [4.78, 5) is 0. The molecule has 172 valence electrons. The molecule has 0 aromatic heterocycles. The van der Waals surface area contributed by atoms with Gasteiger partial charge in [0.05, 0.1) is 12.1 Å². The summed E-state index contributed by atoms with van der Waals surface area (Å²) in [7, 11) is 0. The number of nitrogens with one attached hydrogen (secondary N) is 1. The largest absolute Gasteiger partial charge is 0.459 e. The van der Waals surface area contributed by atoms with E-state index in [1.807, 2.05) is 37.3 Å². The Bertz CT molecular complexity index is 790. The minimum absolute atomic E-state index is 0. The average Bonchev–Trinajstić information content (AvgIpc) is 3.08. The Hall–Kier alpha value is -1.72. The van der Waals surface area contributed by atoms with Gasteiger partial charge >= 0.3 is 5.90 Å². The van der Waals surface area contributed by atoms with E-state index in [9.17, 15) is 10.2 Å². The molecule has 1 aliphatic carbocycles. The number of azo groups is 1. The quantitative estimate of drug-likeness (QED) is 0.244. The minimum atomic E-state index is -0.561. The van der Waals surface area contributed by atoms with Crippen molar-refractivity contribution in [2.75, 3.05) is 13.1 Å². The molecule has 4 rings (SSSR count). The van der Waals surface area contributed by atoms with Gasteiger partial charge in [-0.1, -0.05) is 37.1 Å². The molecule has 7 nitrogen and oxygen atoms in total.